The van der Waals surface area contributed by atoms with Crippen molar-refractivity contribution in [1.82, 2.24) is 0 Å². The monoisotopic (exact) mass is 287 g/mol. The Kier molecular flexibility index (Phi) is 7.16. The maximum absolute atomic E-state index is 9.80. The molecular weight excluding hydrogens is 266 g/mol. The topological polar surface area (TPSA) is 50.7 Å². The van der Waals surface area contributed by atoms with E-state index in [1.165, 1.54) is 0 Å². The molecule has 2 unspecified atom stereocenters. The van der Waals surface area contributed by atoms with Crippen molar-refractivity contribution >= 4 is 17.3 Å². The van der Waals surface area contributed by atoms with Gasteiger partial charge in [-0.25, -0.2) is 0 Å². The summed E-state index contributed by atoms with van der Waals surface area (Å²) in [6, 6.07) is 5.75. The van der Waals surface area contributed by atoms with Crippen molar-refractivity contribution in [2.75, 3.05) is 32.2 Å². The first kappa shape index (κ1) is 16.2. The molecule has 0 saturated heterocycles. The van der Waals surface area contributed by atoms with E-state index in [1.807, 2.05) is 32.0 Å². The van der Waals surface area contributed by atoms with Crippen molar-refractivity contribution in [3.63, 3.8) is 0 Å². The predicted molar refractivity (Wildman–Crippen MR) is 78.0 cm³/mol. The summed E-state index contributed by atoms with van der Waals surface area (Å²) in [7, 11) is 1.62. The van der Waals surface area contributed by atoms with Crippen molar-refractivity contribution in [3.05, 3.63) is 28.8 Å². The highest BCUT2D eigenvalue weighted by atomic mass is 35.5. The lowest BCUT2D eigenvalue weighted by molar-refractivity contribution is -0.0282. The number of aliphatic hydroxyl groups is 1. The standard InChI is InChI=1S/C14H22ClNO3/c1-10-4-5-14(13(15)6-10)16-7-12(17)9-19-11(2)8-18-3/h4-6,11-12,16-17H,7-9H2,1-3H3. The summed E-state index contributed by atoms with van der Waals surface area (Å²) in [6.07, 6.45) is -0.612. The molecule has 0 fully saturated rings. The number of hydrogen-bond acceptors (Lipinski definition) is 4. The molecule has 4 nitrogen and oxygen atoms in total. The van der Waals surface area contributed by atoms with Gasteiger partial charge in [0.25, 0.3) is 0 Å². The van der Waals surface area contributed by atoms with E-state index < -0.39 is 6.10 Å². The van der Waals surface area contributed by atoms with Gasteiger partial charge in [-0.3, -0.25) is 0 Å². The second-order valence-corrected chi connectivity index (χ2v) is 5.02. The minimum Gasteiger partial charge on any atom is -0.389 e. The van der Waals surface area contributed by atoms with E-state index in [4.69, 9.17) is 21.1 Å². The Morgan fingerprint density at radius 3 is 2.74 bits per heavy atom. The maximum atomic E-state index is 9.80. The fourth-order valence-corrected chi connectivity index (χ4v) is 1.91. The molecule has 0 aliphatic heterocycles. The summed E-state index contributed by atoms with van der Waals surface area (Å²) in [5.41, 5.74) is 1.92. The molecule has 0 saturated carbocycles. The number of halogens is 1. The zero-order valence-corrected chi connectivity index (χ0v) is 12.4. The fourth-order valence-electron chi connectivity index (χ4n) is 1.61. The molecule has 1 rings (SSSR count). The van der Waals surface area contributed by atoms with Gasteiger partial charge in [0.1, 0.15) is 0 Å². The minimum absolute atomic E-state index is 0.0254. The van der Waals surface area contributed by atoms with Gasteiger partial charge in [-0.15, -0.1) is 0 Å². The molecule has 0 aromatic heterocycles. The van der Waals surface area contributed by atoms with Crippen LogP contribution >= 0.6 is 11.6 Å². The van der Waals surface area contributed by atoms with Gasteiger partial charge < -0.3 is 19.9 Å². The molecule has 0 spiro atoms. The van der Waals surface area contributed by atoms with Crippen LogP contribution in [0.4, 0.5) is 5.69 Å². The van der Waals surface area contributed by atoms with E-state index in [9.17, 15) is 5.11 Å². The Morgan fingerprint density at radius 1 is 1.37 bits per heavy atom. The Morgan fingerprint density at radius 2 is 2.11 bits per heavy atom. The van der Waals surface area contributed by atoms with E-state index >= 15 is 0 Å². The SMILES string of the molecule is COCC(C)OCC(O)CNc1ccc(C)cc1Cl. The van der Waals surface area contributed by atoms with E-state index in [0.717, 1.165) is 11.3 Å². The van der Waals surface area contributed by atoms with E-state index in [2.05, 4.69) is 5.32 Å². The van der Waals surface area contributed by atoms with Crippen LogP contribution in [0, 0.1) is 6.92 Å². The molecule has 2 N–H and O–H groups in total. The molecule has 0 heterocycles. The molecule has 5 heteroatoms. The van der Waals surface area contributed by atoms with Crippen LogP contribution in [-0.2, 0) is 9.47 Å². The lowest BCUT2D eigenvalue weighted by Crippen LogP contribution is -2.28. The minimum atomic E-state index is -0.586. The van der Waals surface area contributed by atoms with Crippen LogP contribution in [0.5, 0.6) is 0 Å². The van der Waals surface area contributed by atoms with Gasteiger partial charge in [-0.1, -0.05) is 17.7 Å². The summed E-state index contributed by atoms with van der Waals surface area (Å²) < 4.78 is 10.4. The maximum Gasteiger partial charge on any atom is 0.0945 e. The van der Waals surface area contributed by atoms with E-state index in [-0.39, 0.29) is 12.7 Å². The molecule has 1 aromatic carbocycles. The van der Waals surface area contributed by atoms with Crippen LogP contribution in [-0.4, -0.2) is 44.2 Å². The highest BCUT2D eigenvalue weighted by molar-refractivity contribution is 6.33. The van der Waals surface area contributed by atoms with E-state index in [0.29, 0.717) is 18.2 Å². The van der Waals surface area contributed by atoms with Crippen molar-refractivity contribution in [2.24, 2.45) is 0 Å². The summed E-state index contributed by atoms with van der Waals surface area (Å²) in [5, 5.41) is 13.6. The number of methoxy groups -OCH3 is 1. The van der Waals surface area contributed by atoms with Crippen molar-refractivity contribution < 1.29 is 14.6 Å². The van der Waals surface area contributed by atoms with Crippen LogP contribution < -0.4 is 5.32 Å². The van der Waals surface area contributed by atoms with Gasteiger partial charge in [-0.05, 0) is 31.5 Å². The normalized spacial score (nSPS) is 14.2. The molecule has 1 aromatic rings. The predicted octanol–water partition coefficient (Wildman–Crippen LogP) is 2.47. The number of ether oxygens (including phenoxy) is 2. The average Bonchev–Trinajstić information content (AvgIpc) is 2.35. The first-order chi connectivity index (χ1) is 9.02. The van der Waals surface area contributed by atoms with Crippen LogP contribution in [0.1, 0.15) is 12.5 Å². The number of benzene rings is 1. The number of aryl methyl sites for hydroxylation is 1. The third-order valence-corrected chi connectivity index (χ3v) is 2.94. The van der Waals surface area contributed by atoms with Crippen LogP contribution in [0.25, 0.3) is 0 Å². The van der Waals surface area contributed by atoms with Gasteiger partial charge in [0.05, 0.1) is 36.1 Å². The van der Waals surface area contributed by atoms with Crippen molar-refractivity contribution in [3.8, 4) is 0 Å². The Balaban J connectivity index is 2.31. The lowest BCUT2D eigenvalue weighted by atomic mass is 10.2. The third kappa shape index (κ3) is 6.25. The van der Waals surface area contributed by atoms with Gasteiger partial charge in [-0.2, -0.15) is 0 Å². The quantitative estimate of drug-likeness (QED) is 0.771. The highest BCUT2D eigenvalue weighted by Gasteiger charge is 2.09. The van der Waals surface area contributed by atoms with Gasteiger partial charge >= 0.3 is 0 Å². The molecule has 0 radical (unpaired) electrons. The number of nitrogens with one attached hydrogen (secondary N) is 1. The molecule has 0 aliphatic carbocycles. The largest absolute Gasteiger partial charge is 0.389 e. The Bertz CT molecular complexity index is 387. The molecule has 2 atom stereocenters. The van der Waals surface area contributed by atoms with Crippen LogP contribution in [0.15, 0.2) is 18.2 Å². The summed E-state index contributed by atoms with van der Waals surface area (Å²) in [4.78, 5) is 0. The second-order valence-electron chi connectivity index (χ2n) is 4.62. The number of aliphatic hydroxyl groups excluding tert-OH is 1. The molecular formula is C14H22ClNO3. The number of anilines is 1. The molecule has 0 aliphatic rings. The van der Waals surface area contributed by atoms with Gasteiger partial charge in [0.15, 0.2) is 0 Å². The smallest absolute Gasteiger partial charge is 0.0945 e. The summed E-state index contributed by atoms with van der Waals surface area (Å²) in [6.45, 7) is 5.06. The zero-order chi connectivity index (χ0) is 14.3. The second kappa shape index (κ2) is 8.38. The highest BCUT2D eigenvalue weighted by Crippen LogP contribution is 2.22. The van der Waals surface area contributed by atoms with Crippen molar-refractivity contribution in [1.29, 1.82) is 0 Å². The van der Waals surface area contributed by atoms with Crippen molar-refractivity contribution in [2.45, 2.75) is 26.1 Å². The van der Waals surface area contributed by atoms with Crippen LogP contribution in [0.3, 0.4) is 0 Å². The first-order valence-electron chi connectivity index (χ1n) is 6.31. The zero-order valence-electron chi connectivity index (χ0n) is 11.6. The number of rotatable bonds is 8. The van der Waals surface area contributed by atoms with Gasteiger partial charge in [0, 0.05) is 13.7 Å². The summed E-state index contributed by atoms with van der Waals surface area (Å²) >= 11 is 6.09. The molecule has 108 valence electrons. The fraction of sp³-hybridized carbons (Fsp3) is 0.571. The molecule has 0 amide bonds. The average molecular weight is 288 g/mol. The Labute approximate surface area is 119 Å². The number of hydrogen-bond donors (Lipinski definition) is 2. The lowest BCUT2D eigenvalue weighted by Gasteiger charge is -2.17. The van der Waals surface area contributed by atoms with Gasteiger partial charge in [0.2, 0.25) is 0 Å². The van der Waals surface area contributed by atoms with Crippen LogP contribution in [0.2, 0.25) is 5.02 Å². The molecule has 19 heavy (non-hydrogen) atoms. The molecule has 0 bridgehead atoms. The van der Waals surface area contributed by atoms with E-state index in [1.54, 1.807) is 7.11 Å². The third-order valence-electron chi connectivity index (χ3n) is 2.63. The Hall–Kier alpha value is -0.810. The first-order valence-corrected chi connectivity index (χ1v) is 6.69. The summed E-state index contributed by atoms with van der Waals surface area (Å²) in [5.74, 6) is 0.